The molecule has 0 aromatic heterocycles. The number of hydrogen-bond donors (Lipinski definition) is 1. The fraction of sp³-hybridized carbons (Fsp3) is 1.00. The summed E-state index contributed by atoms with van der Waals surface area (Å²) in [5, 5.41) is 0. The standard InChI is InChI=1S/C11H20N2O/c1-2-13-5-3-10(4-6-13)11(12)7-9(11)8-14-10/h9H,2-8,12H2,1H3. The summed E-state index contributed by atoms with van der Waals surface area (Å²) in [6, 6.07) is 0. The second-order valence-electron chi connectivity index (χ2n) is 5.18. The predicted molar refractivity (Wildman–Crippen MR) is 55.1 cm³/mol. The molecule has 1 saturated carbocycles. The van der Waals surface area contributed by atoms with E-state index in [0.29, 0.717) is 5.92 Å². The van der Waals surface area contributed by atoms with Gasteiger partial charge in [0.25, 0.3) is 0 Å². The van der Waals surface area contributed by atoms with Crippen LogP contribution in [0.3, 0.4) is 0 Å². The number of rotatable bonds is 1. The van der Waals surface area contributed by atoms with Crippen molar-refractivity contribution in [2.75, 3.05) is 26.2 Å². The van der Waals surface area contributed by atoms with Gasteiger partial charge in [0.1, 0.15) is 0 Å². The molecule has 0 amide bonds. The highest BCUT2D eigenvalue weighted by molar-refractivity contribution is 5.25. The summed E-state index contributed by atoms with van der Waals surface area (Å²) in [5.74, 6) is 0.677. The van der Waals surface area contributed by atoms with Crippen molar-refractivity contribution in [3.05, 3.63) is 0 Å². The Bertz CT molecular complexity index is 246. The van der Waals surface area contributed by atoms with Crippen molar-refractivity contribution in [1.82, 2.24) is 4.90 Å². The van der Waals surface area contributed by atoms with Crippen LogP contribution >= 0.6 is 0 Å². The molecular formula is C11H20N2O. The maximum absolute atomic E-state index is 6.40. The summed E-state index contributed by atoms with van der Waals surface area (Å²) in [4.78, 5) is 2.49. The first-order chi connectivity index (χ1) is 6.70. The lowest BCUT2D eigenvalue weighted by atomic mass is 9.82. The minimum absolute atomic E-state index is 0.0589. The van der Waals surface area contributed by atoms with E-state index in [4.69, 9.17) is 10.5 Å². The maximum atomic E-state index is 6.40. The van der Waals surface area contributed by atoms with Crippen LogP contribution in [0.5, 0.6) is 0 Å². The van der Waals surface area contributed by atoms with E-state index in [9.17, 15) is 0 Å². The zero-order valence-corrected chi connectivity index (χ0v) is 8.96. The second-order valence-corrected chi connectivity index (χ2v) is 5.18. The van der Waals surface area contributed by atoms with Crippen LogP contribution in [0, 0.1) is 5.92 Å². The summed E-state index contributed by atoms with van der Waals surface area (Å²) in [6.45, 7) is 6.65. The number of ether oxygens (including phenoxy) is 1. The zero-order chi connectivity index (χ0) is 9.81. The van der Waals surface area contributed by atoms with E-state index in [2.05, 4.69) is 11.8 Å². The van der Waals surface area contributed by atoms with E-state index in [1.807, 2.05) is 0 Å². The quantitative estimate of drug-likeness (QED) is 0.667. The van der Waals surface area contributed by atoms with Gasteiger partial charge in [0.2, 0.25) is 0 Å². The molecule has 3 nitrogen and oxygen atoms in total. The van der Waals surface area contributed by atoms with Gasteiger partial charge < -0.3 is 15.4 Å². The van der Waals surface area contributed by atoms with Crippen LogP contribution in [0.2, 0.25) is 0 Å². The molecule has 2 aliphatic heterocycles. The van der Waals surface area contributed by atoms with E-state index in [1.54, 1.807) is 0 Å². The van der Waals surface area contributed by atoms with Gasteiger partial charge in [-0.1, -0.05) is 6.92 Å². The molecule has 0 bridgehead atoms. The van der Waals surface area contributed by atoms with Crippen molar-refractivity contribution in [1.29, 1.82) is 0 Å². The molecule has 3 aliphatic rings. The molecule has 14 heavy (non-hydrogen) atoms. The smallest absolute Gasteiger partial charge is 0.0889 e. The Labute approximate surface area is 85.6 Å². The average Bonchev–Trinajstić information content (AvgIpc) is 2.83. The first kappa shape index (κ1) is 9.13. The van der Waals surface area contributed by atoms with Crippen LogP contribution < -0.4 is 5.73 Å². The lowest BCUT2D eigenvalue weighted by Gasteiger charge is -2.42. The first-order valence-corrected chi connectivity index (χ1v) is 5.85. The van der Waals surface area contributed by atoms with E-state index >= 15 is 0 Å². The molecule has 2 heterocycles. The normalized spacial score (nSPS) is 45.4. The summed E-state index contributed by atoms with van der Waals surface area (Å²) < 4.78 is 5.99. The third-order valence-corrected chi connectivity index (χ3v) is 4.67. The third-order valence-electron chi connectivity index (χ3n) is 4.67. The number of hydrogen-bond acceptors (Lipinski definition) is 3. The molecule has 2 unspecified atom stereocenters. The average molecular weight is 196 g/mol. The van der Waals surface area contributed by atoms with E-state index < -0.39 is 0 Å². The topological polar surface area (TPSA) is 38.5 Å². The first-order valence-electron chi connectivity index (χ1n) is 5.85. The van der Waals surface area contributed by atoms with E-state index in [1.165, 1.54) is 19.5 Å². The molecule has 2 N–H and O–H groups in total. The molecule has 3 fully saturated rings. The molecule has 0 aromatic rings. The SMILES string of the molecule is CCN1CCC2(CC1)OCC1CC12N. The summed E-state index contributed by atoms with van der Waals surface area (Å²) in [6.07, 6.45) is 3.50. The Balaban J connectivity index is 1.74. The van der Waals surface area contributed by atoms with E-state index in [-0.39, 0.29) is 11.1 Å². The van der Waals surface area contributed by atoms with Crippen LogP contribution in [-0.4, -0.2) is 42.3 Å². The Morgan fingerprint density at radius 1 is 1.43 bits per heavy atom. The highest BCUT2D eigenvalue weighted by Gasteiger charge is 2.69. The number of piperidine rings is 1. The Morgan fingerprint density at radius 3 is 2.57 bits per heavy atom. The van der Waals surface area contributed by atoms with Gasteiger partial charge in [0.15, 0.2) is 0 Å². The Hall–Kier alpha value is -0.120. The van der Waals surface area contributed by atoms with Crippen molar-refractivity contribution in [2.45, 2.75) is 37.3 Å². The predicted octanol–water partition coefficient (Wildman–Crippen LogP) is 0.588. The maximum Gasteiger partial charge on any atom is 0.0889 e. The van der Waals surface area contributed by atoms with Gasteiger partial charge in [-0.15, -0.1) is 0 Å². The molecule has 3 heteroatoms. The molecule has 0 aromatic carbocycles. The van der Waals surface area contributed by atoms with Crippen molar-refractivity contribution in [2.24, 2.45) is 11.7 Å². The zero-order valence-electron chi connectivity index (χ0n) is 8.96. The number of nitrogens with two attached hydrogens (primary N) is 1. The lowest BCUT2D eigenvalue weighted by molar-refractivity contribution is -0.0727. The Morgan fingerprint density at radius 2 is 2.14 bits per heavy atom. The summed E-state index contributed by atoms with van der Waals surface area (Å²) in [5.41, 5.74) is 6.53. The molecule has 0 radical (unpaired) electrons. The molecule has 2 saturated heterocycles. The second kappa shape index (κ2) is 2.71. The van der Waals surface area contributed by atoms with Gasteiger partial charge >= 0.3 is 0 Å². The van der Waals surface area contributed by atoms with Crippen LogP contribution in [-0.2, 0) is 4.74 Å². The largest absolute Gasteiger partial charge is 0.373 e. The molecule has 1 spiro atoms. The summed E-state index contributed by atoms with van der Waals surface area (Å²) in [7, 11) is 0. The number of nitrogens with zero attached hydrogens (tertiary/aromatic N) is 1. The number of fused-ring (bicyclic) bond motifs is 2. The Kier molecular flexibility index (Phi) is 1.77. The van der Waals surface area contributed by atoms with Gasteiger partial charge in [0.05, 0.1) is 17.7 Å². The third kappa shape index (κ3) is 0.980. The molecule has 3 rings (SSSR count). The van der Waals surface area contributed by atoms with Crippen LogP contribution in [0.15, 0.2) is 0 Å². The summed E-state index contributed by atoms with van der Waals surface area (Å²) >= 11 is 0. The van der Waals surface area contributed by atoms with Crippen molar-refractivity contribution < 1.29 is 4.74 Å². The van der Waals surface area contributed by atoms with E-state index in [0.717, 1.165) is 26.0 Å². The van der Waals surface area contributed by atoms with Crippen LogP contribution in [0.25, 0.3) is 0 Å². The number of likely N-dealkylation sites (tertiary alicyclic amines) is 1. The highest BCUT2D eigenvalue weighted by Crippen LogP contribution is 2.59. The lowest BCUT2D eigenvalue weighted by Crippen LogP contribution is -2.56. The minimum Gasteiger partial charge on any atom is -0.373 e. The van der Waals surface area contributed by atoms with Gasteiger partial charge in [0, 0.05) is 19.0 Å². The minimum atomic E-state index is 0.0589. The monoisotopic (exact) mass is 196 g/mol. The van der Waals surface area contributed by atoms with Crippen molar-refractivity contribution >= 4 is 0 Å². The fourth-order valence-electron chi connectivity index (χ4n) is 3.35. The molecular weight excluding hydrogens is 176 g/mol. The van der Waals surface area contributed by atoms with Crippen molar-refractivity contribution in [3.63, 3.8) is 0 Å². The van der Waals surface area contributed by atoms with Gasteiger partial charge in [-0.25, -0.2) is 0 Å². The van der Waals surface area contributed by atoms with Crippen LogP contribution in [0.1, 0.15) is 26.2 Å². The van der Waals surface area contributed by atoms with Gasteiger partial charge in [-0.05, 0) is 25.8 Å². The molecule has 2 atom stereocenters. The van der Waals surface area contributed by atoms with Gasteiger partial charge in [-0.3, -0.25) is 0 Å². The van der Waals surface area contributed by atoms with Crippen molar-refractivity contribution in [3.8, 4) is 0 Å². The van der Waals surface area contributed by atoms with Gasteiger partial charge in [-0.2, -0.15) is 0 Å². The fourth-order valence-corrected chi connectivity index (χ4v) is 3.35. The van der Waals surface area contributed by atoms with Crippen LogP contribution in [0.4, 0.5) is 0 Å². The molecule has 1 aliphatic carbocycles. The molecule has 80 valence electrons. The highest BCUT2D eigenvalue weighted by atomic mass is 16.5.